The zero-order chi connectivity index (χ0) is 15.4. The summed E-state index contributed by atoms with van der Waals surface area (Å²) in [5.41, 5.74) is 1.75. The summed E-state index contributed by atoms with van der Waals surface area (Å²) in [5, 5.41) is 11.8. The summed E-state index contributed by atoms with van der Waals surface area (Å²) in [6, 6.07) is 10.7. The summed E-state index contributed by atoms with van der Waals surface area (Å²) in [7, 11) is 0. The third kappa shape index (κ3) is 3.04. The maximum Gasteiger partial charge on any atom is 0.272 e. The second kappa shape index (κ2) is 6.22. The monoisotopic (exact) mass is 293 g/mol. The quantitative estimate of drug-likeness (QED) is 0.939. The second-order valence-electron chi connectivity index (χ2n) is 5.08. The number of likely N-dealkylation sites (tertiary alicyclic amines) is 1. The van der Waals surface area contributed by atoms with E-state index in [1.54, 1.807) is 36.5 Å². The highest BCUT2D eigenvalue weighted by Gasteiger charge is 2.20. The van der Waals surface area contributed by atoms with Crippen molar-refractivity contribution in [1.82, 2.24) is 14.9 Å². The van der Waals surface area contributed by atoms with Gasteiger partial charge in [0.25, 0.3) is 5.91 Å². The molecular formula is C16H15N5O. The third-order valence-electron chi connectivity index (χ3n) is 3.54. The van der Waals surface area contributed by atoms with Crippen LogP contribution >= 0.6 is 0 Å². The molecule has 1 aliphatic rings. The minimum Gasteiger partial charge on any atom is -0.337 e. The Bertz CT molecular complexity index is 714. The average Bonchev–Trinajstić information content (AvgIpc) is 3.09. The van der Waals surface area contributed by atoms with Crippen LogP contribution in [0.5, 0.6) is 0 Å². The van der Waals surface area contributed by atoms with E-state index in [-0.39, 0.29) is 5.91 Å². The van der Waals surface area contributed by atoms with E-state index in [9.17, 15) is 4.79 Å². The Hall–Kier alpha value is -2.94. The van der Waals surface area contributed by atoms with Crippen molar-refractivity contribution in [1.29, 1.82) is 5.26 Å². The van der Waals surface area contributed by atoms with Gasteiger partial charge >= 0.3 is 0 Å². The number of amides is 1. The number of anilines is 2. The molecule has 0 unspecified atom stereocenters. The summed E-state index contributed by atoms with van der Waals surface area (Å²) < 4.78 is 0. The highest BCUT2D eigenvalue weighted by Crippen LogP contribution is 2.15. The fraction of sp³-hybridized carbons (Fsp3) is 0.250. The highest BCUT2D eigenvalue weighted by molar-refractivity contribution is 5.92. The summed E-state index contributed by atoms with van der Waals surface area (Å²) in [4.78, 5) is 22.5. The zero-order valence-corrected chi connectivity index (χ0v) is 12.0. The molecule has 1 saturated heterocycles. The number of hydrogen-bond acceptors (Lipinski definition) is 5. The van der Waals surface area contributed by atoms with Crippen LogP contribution in [-0.4, -0.2) is 33.9 Å². The molecule has 3 rings (SSSR count). The number of benzene rings is 1. The molecule has 0 saturated carbocycles. The van der Waals surface area contributed by atoms with E-state index in [0.29, 0.717) is 17.2 Å². The number of carbonyl (C=O) groups excluding carboxylic acids is 1. The minimum absolute atomic E-state index is 0.0530. The van der Waals surface area contributed by atoms with E-state index < -0.39 is 0 Å². The first-order chi connectivity index (χ1) is 10.8. The molecule has 0 aliphatic carbocycles. The maximum absolute atomic E-state index is 12.3. The lowest BCUT2D eigenvalue weighted by Crippen LogP contribution is -2.28. The van der Waals surface area contributed by atoms with Gasteiger partial charge in [-0.05, 0) is 43.2 Å². The van der Waals surface area contributed by atoms with E-state index in [1.807, 2.05) is 4.90 Å². The molecule has 0 bridgehead atoms. The van der Waals surface area contributed by atoms with Crippen LogP contribution in [0.3, 0.4) is 0 Å². The Morgan fingerprint density at radius 3 is 2.59 bits per heavy atom. The molecule has 1 aromatic carbocycles. The lowest BCUT2D eigenvalue weighted by atomic mass is 10.2. The zero-order valence-electron chi connectivity index (χ0n) is 12.0. The van der Waals surface area contributed by atoms with Crippen LogP contribution in [0.1, 0.15) is 28.9 Å². The van der Waals surface area contributed by atoms with Gasteiger partial charge < -0.3 is 10.2 Å². The van der Waals surface area contributed by atoms with Gasteiger partial charge in [-0.3, -0.25) is 4.79 Å². The Labute approximate surface area is 128 Å². The Kier molecular flexibility index (Phi) is 3.97. The fourth-order valence-corrected chi connectivity index (χ4v) is 2.38. The van der Waals surface area contributed by atoms with E-state index in [1.165, 1.54) is 0 Å². The van der Waals surface area contributed by atoms with E-state index >= 15 is 0 Å². The molecule has 1 aliphatic heterocycles. The molecule has 0 radical (unpaired) electrons. The number of carbonyl (C=O) groups is 1. The van der Waals surface area contributed by atoms with Crippen LogP contribution in [0.2, 0.25) is 0 Å². The molecule has 0 atom stereocenters. The van der Waals surface area contributed by atoms with Gasteiger partial charge in [-0.25, -0.2) is 9.97 Å². The van der Waals surface area contributed by atoms with E-state index in [4.69, 9.17) is 5.26 Å². The first-order valence-corrected chi connectivity index (χ1v) is 7.16. The molecule has 110 valence electrons. The predicted octanol–water partition coefficient (Wildman–Crippen LogP) is 2.33. The van der Waals surface area contributed by atoms with Crippen LogP contribution in [0.4, 0.5) is 11.6 Å². The fourth-order valence-electron chi connectivity index (χ4n) is 2.38. The smallest absolute Gasteiger partial charge is 0.272 e. The maximum atomic E-state index is 12.3. The highest BCUT2D eigenvalue weighted by atomic mass is 16.2. The predicted molar refractivity (Wildman–Crippen MR) is 81.6 cm³/mol. The summed E-state index contributed by atoms with van der Waals surface area (Å²) >= 11 is 0. The van der Waals surface area contributed by atoms with Crippen LogP contribution in [-0.2, 0) is 0 Å². The van der Waals surface area contributed by atoms with Crippen LogP contribution in [0.15, 0.2) is 36.5 Å². The summed E-state index contributed by atoms with van der Waals surface area (Å²) in [6.45, 7) is 1.59. The van der Waals surface area contributed by atoms with Crippen molar-refractivity contribution < 1.29 is 4.79 Å². The van der Waals surface area contributed by atoms with Gasteiger partial charge in [0.2, 0.25) is 5.95 Å². The van der Waals surface area contributed by atoms with E-state index in [0.717, 1.165) is 31.6 Å². The normalized spacial score (nSPS) is 13.7. The van der Waals surface area contributed by atoms with Gasteiger partial charge in [-0.2, -0.15) is 5.26 Å². The van der Waals surface area contributed by atoms with Gasteiger partial charge in [-0.1, -0.05) is 0 Å². The van der Waals surface area contributed by atoms with Crippen LogP contribution in [0, 0.1) is 11.3 Å². The lowest BCUT2D eigenvalue weighted by Gasteiger charge is -2.14. The minimum atomic E-state index is -0.0530. The molecule has 6 heteroatoms. The molecule has 22 heavy (non-hydrogen) atoms. The van der Waals surface area contributed by atoms with Crippen molar-refractivity contribution in [2.24, 2.45) is 0 Å². The number of nitrogens with zero attached hydrogens (tertiary/aromatic N) is 4. The van der Waals surface area contributed by atoms with Gasteiger partial charge in [0, 0.05) is 25.0 Å². The number of hydrogen-bond donors (Lipinski definition) is 1. The topological polar surface area (TPSA) is 81.9 Å². The Morgan fingerprint density at radius 2 is 1.91 bits per heavy atom. The van der Waals surface area contributed by atoms with Gasteiger partial charge in [0.1, 0.15) is 5.69 Å². The number of nitriles is 1. The lowest BCUT2D eigenvalue weighted by molar-refractivity contribution is 0.0787. The van der Waals surface area contributed by atoms with Gasteiger partial charge in [0.15, 0.2) is 0 Å². The van der Waals surface area contributed by atoms with E-state index in [2.05, 4.69) is 21.4 Å². The third-order valence-corrected chi connectivity index (χ3v) is 3.54. The van der Waals surface area contributed by atoms with Crippen LogP contribution in [0.25, 0.3) is 0 Å². The molecule has 6 nitrogen and oxygen atoms in total. The van der Waals surface area contributed by atoms with Crippen molar-refractivity contribution in [2.45, 2.75) is 12.8 Å². The van der Waals surface area contributed by atoms with Crippen molar-refractivity contribution in [3.05, 3.63) is 47.8 Å². The Morgan fingerprint density at radius 1 is 1.18 bits per heavy atom. The Balaban J connectivity index is 1.75. The molecule has 1 fully saturated rings. The average molecular weight is 293 g/mol. The van der Waals surface area contributed by atoms with Gasteiger partial charge in [-0.15, -0.1) is 0 Å². The number of nitrogens with one attached hydrogen (secondary N) is 1. The number of aromatic nitrogens is 2. The molecule has 2 heterocycles. The molecule has 2 aromatic rings. The second-order valence-corrected chi connectivity index (χ2v) is 5.08. The van der Waals surface area contributed by atoms with Gasteiger partial charge in [0.05, 0.1) is 11.6 Å². The molecule has 1 aromatic heterocycles. The largest absolute Gasteiger partial charge is 0.337 e. The van der Waals surface area contributed by atoms with Crippen molar-refractivity contribution in [3.8, 4) is 6.07 Å². The molecule has 0 spiro atoms. The first-order valence-electron chi connectivity index (χ1n) is 7.16. The number of rotatable bonds is 3. The molecular weight excluding hydrogens is 278 g/mol. The molecule has 1 N–H and O–H groups in total. The van der Waals surface area contributed by atoms with Crippen LogP contribution < -0.4 is 5.32 Å². The standard InChI is InChI=1S/C16H15N5O/c17-11-12-3-5-13(6-4-12)19-16-18-8-7-14(20-16)15(22)21-9-1-2-10-21/h3-8H,1-2,9-10H2,(H,18,19,20). The summed E-state index contributed by atoms with van der Waals surface area (Å²) in [6.07, 6.45) is 3.67. The molecule has 1 amide bonds. The van der Waals surface area contributed by atoms with Crippen molar-refractivity contribution >= 4 is 17.5 Å². The SMILES string of the molecule is N#Cc1ccc(Nc2nccc(C(=O)N3CCCC3)n2)cc1. The first kappa shape index (κ1) is 14.0. The van der Waals surface area contributed by atoms with Crippen molar-refractivity contribution in [3.63, 3.8) is 0 Å². The van der Waals surface area contributed by atoms with Crippen molar-refractivity contribution in [2.75, 3.05) is 18.4 Å². The summed E-state index contributed by atoms with van der Waals surface area (Å²) in [5.74, 6) is 0.317.